The first-order chi connectivity index (χ1) is 15.5. The van der Waals surface area contributed by atoms with E-state index in [2.05, 4.69) is 10.6 Å². The highest BCUT2D eigenvalue weighted by atomic mass is 16.7. The summed E-state index contributed by atoms with van der Waals surface area (Å²) in [6, 6.07) is 17.1. The molecule has 170 valence electrons. The molecule has 0 aromatic heterocycles. The number of rotatable bonds is 10. The predicted molar refractivity (Wildman–Crippen MR) is 114 cm³/mol. The van der Waals surface area contributed by atoms with Crippen molar-refractivity contribution in [2.45, 2.75) is 37.8 Å². The van der Waals surface area contributed by atoms with Gasteiger partial charge in [0.15, 0.2) is 6.29 Å². The van der Waals surface area contributed by atoms with Crippen LogP contribution in [-0.2, 0) is 36.8 Å². The Hall–Kier alpha value is -3.43. The molecule has 32 heavy (non-hydrogen) atoms. The zero-order chi connectivity index (χ0) is 22.8. The van der Waals surface area contributed by atoms with Crippen molar-refractivity contribution in [2.75, 3.05) is 13.2 Å². The number of carbonyl (C=O) groups is 3. The Kier molecular flexibility index (Phi) is 8.59. The van der Waals surface area contributed by atoms with Gasteiger partial charge < -0.3 is 30.0 Å². The SMILES string of the molecule is O=C(O)COC1OCC[C@@H]1NC(=O)[C@H](Cc1ccccc1)NC(=O)OCc1ccccc1. The molecule has 1 aliphatic heterocycles. The van der Waals surface area contributed by atoms with Gasteiger partial charge in [-0.2, -0.15) is 0 Å². The maximum Gasteiger partial charge on any atom is 0.408 e. The summed E-state index contributed by atoms with van der Waals surface area (Å²) in [5, 5.41) is 14.2. The fraction of sp³-hybridized carbons (Fsp3) is 0.348. The van der Waals surface area contributed by atoms with Crippen LogP contribution in [0.4, 0.5) is 4.79 Å². The minimum Gasteiger partial charge on any atom is -0.480 e. The molecule has 0 aliphatic carbocycles. The molecule has 2 amide bonds. The van der Waals surface area contributed by atoms with Crippen molar-refractivity contribution in [1.29, 1.82) is 0 Å². The van der Waals surface area contributed by atoms with E-state index in [0.29, 0.717) is 13.0 Å². The maximum absolute atomic E-state index is 13.0. The van der Waals surface area contributed by atoms with E-state index in [9.17, 15) is 14.4 Å². The molecule has 1 unspecified atom stereocenters. The number of hydrogen-bond donors (Lipinski definition) is 3. The van der Waals surface area contributed by atoms with E-state index in [1.54, 1.807) is 0 Å². The van der Waals surface area contributed by atoms with E-state index in [-0.39, 0.29) is 13.0 Å². The highest BCUT2D eigenvalue weighted by Crippen LogP contribution is 2.15. The second kappa shape index (κ2) is 11.8. The first-order valence-electron chi connectivity index (χ1n) is 10.3. The van der Waals surface area contributed by atoms with Crippen molar-refractivity contribution in [1.82, 2.24) is 10.6 Å². The zero-order valence-electron chi connectivity index (χ0n) is 17.4. The number of nitrogens with one attached hydrogen (secondary N) is 2. The minimum absolute atomic E-state index is 0.0773. The lowest BCUT2D eigenvalue weighted by atomic mass is 10.0. The molecule has 0 radical (unpaired) electrons. The van der Waals surface area contributed by atoms with Crippen LogP contribution in [0.5, 0.6) is 0 Å². The van der Waals surface area contributed by atoms with Gasteiger partial charge >= 0.3 is 12.1 Å². The van der Waals surface area contributed by atoms with E-state index in [4.69, 9.17) is 19.3 Å². The topological polar surface area (TPSA) is 123 Å². The third-order valence-electron chi connectivity index (χ3n) is 4.84. The molecule has 2 aromatic rings. The van der Waals surface area contributed by atoms with Crippen molar-refractivity contribution < 1.29 is 33.7 Å². The van der Waals surface area contributed by atoms with Gasteiger partial charge in [0.2, 0.25) is 5.91 Å². The van der Waals surface area contributed by atoms with Crippen LogP contribution in [0.25, 0.3) is 0 Å². The molecule has 0 bridgehead atoms. The van der Waals surface area contributed by atoms with Gasteiger partial charge in [0, 0.05) is 6.42 Å². The van der Waals surface area contributed by atoms with Crippen LogP contribution < -0.4 is 10.6 Å². The van der Waals surface area contributed by atoms with E-state index < -0.39 is 43.0 Å². The van der Waals surface area contributed by atoms with E-state index in [0.717, 1.165) is 11.1 Å². The number of carbonyl (C=O) groups excluding carboxylic acids is 2. The Morgan fingerprint density at radius 3 is 2.34 bits per heavy atom. The Morgan fingerprint density at radius 2 is 1.69 bits per heavy atom. The third-order valence-corrected chi connectivity index (χ3v) is 4.84. The van der Waals surface area contributed by atoms with Crippen LogP contribution in [0, 0.1) is 0 Å². The molecule has 0 saturated carbocycles. The van der Waals surface area contributed by atoms with Gasteiger partial charge in [-0.15, -0.1) is 0 Å². The Bertz CT molecular complexity index is 892. The average Bonchev–Trinajstić information content (AvgIpc) is 3.24. The predicted octanol–water partition coefficient (Wildman–Crippen LogP) is 1.86. The fourth-order valence-electron chi connectivity index (χ4n) is 3.27. The molecule has 9 heteroatoms. The molecular weight excluding hydrogens is 416 g/mol. The first-order valence-corrected chi connectivity index (χ1v) is 10.3. The van der Waals surface area contributed by atoms with E-state index in [1.807, 2.05) is 60.7 Å². The summed E-state index contributed by atoms with van der Waals surface area (Å²) in [7, 11) is 0. The lowest BCUT2D eigenvalue weighted by Gasteiger charge is -2.23. The normalized spacial score (nSPS) is 18.5. The van der Waals surface area contributed by atoms with Gasteiger partial charge in [-0.1, -0.05) is 60.7 Å². The summed E-state index contributed by atoms with van der Waals surface area (Å²) in [6.45, 7) is -0.131. The summed E-state index contributed by atoms with van der Waals surface area (Å²) < 4.78 is 15.8. The number of carboxylic acid groups (broad SMARTS) is 1. The van der Waals surface area contributed by atoms with Gasteiger partial charge in [-0.3, -0.25) is 4.79 Å². The van der Waals surface area contributed by atoms with Gasteiger partial charge in [0.25, 0.3) is 0 Å². The first kappa shape index (κ1) is 23.2. The van der Waals surface area contributed by atoms with Gasteiger partial charge in [-0.25, -0.2) is 9.59 Å². The number of benzene rings is 2. The maximum atomic E-state index is 13.0. The fourth-order valence-corrected chi connectivity index (χ4v) is 3.27. The Labute approximate surface area is 185 Å². The van der Waals surface area contributed by atoms with E-state index in [1.165, 1.54) is 0 Å². The highest BCUT2D eigenvalue weighted by Gasteiger charge is 2.33. The summed E-state index contributed by atoms with van der Waals surface area (Å²) in [5.41, 5.74) is 1.69. The Balaban J connectivity index is 1.61. The van der Waals surface area contributed by atoms with Gasteiger partial charge in [0.05, 0.1) is 12.6 Å². The number of ether oxygens (including phenoxy) is 3. The monoisotopic (exact) mass is 442 g/mol. The van der Waals surface area contributed by atoms with E-state index >= 15 is 0 Å². The summed E-state index contributed by atoms with van der Waals surface area (Å²) in [6.07, 6.45) is -0.864. The molecule has 0 spiro atoms. The minimum atomic E-state index is -1.13. The molecule has 3 rings (SSSR count). The molecular formula is C23H26N2O7. The number of hydrogen-bond acceptors (Lipinski definition) is 6. The van der Waals surface area contributed by atoms with Crippen molar-refractivity contribution in [3.05, 3.63) is 71.8 Å². The summed E-state index contributed by atoms with van der Waals surface area (Å²) in [4.78, 5) is 36.1. The van der Waals surface area contributed by atoms with Crippen LogP contribution >= 0.6 is 0 Å². The van der Waals surface area contributed by atoms with Crippen LogP contribution in [-0.4, -0.2) is 54.7 Å². The molecule has 1 heterocycles. The molecule has 9 nitrogen and oxygen atoms in total. The van der Waals surface area contributed by atoms with Crippen LogP contribution in [0.1, 0.15) is 17.5 Å². The van der Waals surface area contributed by atoms with Crippen molar-refractivity contribution in [3.8, 4) is 0 Å². The number of amides is 2. The third kappa shape index (κ3) is 7.36. The quantitative estimate of drug-likeness (QED) is 0.513. The summed E-state index contributed by atoms with van der Waals surface area (Å²) in [5.74, 6) is -1.57. The summed E-state index contributed by atoms with van der Waals surface area (Å²) >= 11 is 0. The molecule has 1 aliphatic rings. The molecule has 1 fully saturated rings. The number of alkyl carbamates (subject to hydrolysis) is 1. The zero-order valence-corrected chi connectivity index (χ0v) is 17.4. The van der Waals surface area contributed by atoms with Crippen molar-refractivity contribution >= 4 is 18.0 Å². The highest BCUT2D eigenvalue weighted by molar-refractivity contribution is 5.86. The Morgan fingerprint density at radius 1 is 1.03 bits per heavy atom. The van der Waals surface area contributed by atoms with Gasteiger partial charge in [0.1, 0.15) is 19.3 Å². The lowest BCUT2D eigenvalue weighted by Crippen LogP contribution is -2.52. The molecule has 3 N–H and O–H groups in total. The molecule has 3 atom stereocenters. The lowest BCUT2D eigenvalue weighted by molar-refractivity contribution is -0.161. The smallest absolute Gasteiger partial charge is 0.408 e. The van der Waals surface area contributed by atoms with Crippen LogP contribution in [0.2, 0.25) is 0 Å². The van der Waals surface area contributed by atoms with Crippen molar-refractivity contribution in [2.24, 2.45) is 0 Å². The van der Waals surface area contributed by atoms with Crippen molar-refractivity contribution in [3.63, 3.8) is 0 Å². The number of carboxylic acids is 1. The van der Waals surface area contributed by atoms with Crippen LogP contribution in [0.15, 0.2) is 60.7 Å². The largest absolute Gasteiger partial charge is 0.480 e. The van der Waals surface area contributed by atoms with Crippen LogP contribution in [0.3, 0.4) is 0 Å². The second-order valence-corrected chi connectivity index (χ2v) is 7.30. The number of aliphatic carboxylic acids is 1. The second-order valence-electron chi connectivity index (χ2n) is 7.30. The molecule has 1 saturated heterocycles. The average molecular weight is 442 g/mol. The standard InChI is InChI=1S/C23H26N2O7/c26-20(27)15-31-22-18(11-12-30-22)24-21(28)19(13-16-7-3-1-4-8-16)25-23(29)32-14-17-9-5-2-6-10-17/h1-10,18-19,22H,11-15H2,(H,24,28)(H,25,29)(H,26,27)/t18-,19-,22?/m0/s1. The molecule has 2 aromatic carbocycles. The van der Waals surface area contributed by atoms with Gasteiger partial charge in [-0.05, 0) is 17.5 Å².